The summed E-state index contributed by atoms with van der Waals surface area (Å²) in [4.78, 5) is 12.0. The highest BCUT2D eigenvalue weighted by Crippen LogP contribution is 2.45. The highest BCUT2D eigenvalue weighted by Gasteiger charge is 2.42. The van der Waals surface area contributed by atoms with Crippen molar-refractivity contribution in [1.82, 2.24) is 0 Å². The highest BCUT2D eigenvalue weighted by atomic mass is 16.7. The first-order valence-electron chi connectivity index (χ1n) is 12.3. The third-order valence-corrected chi connectivity index (χ3v) is 8.28. The van der Waals surface area contributed by atoms with Crippen molar-refractivity contribution in [2.24, 2.45) is 22.5 Å². The molecule has 0 aliphatic carbocycles. The average Bonchev–Trinajstić information content (AvgIpc) is 2.76. The van der Waals surface area contributed by atoms with Gasteiger partial charge in [-0.2, -0.15) is 0 Å². The lowest BCUT2D eigenvalue weighted by molar-refractivity contribution is -0.260. The molecule has 1 aliphatic heterocycles. The number of ether oxygens (including phenoxy) is 3. The molecule has 4 N–H and O–H groups in total. The van der Waals surface area contributed by atoms with Crippen molar-refractivity contribution in [3.8, 4) is 5.75 Å². The molecule has 0 spiro atoms. The standard InChI is InChI=1S/C27H45NO6/c1-17-15-22(18(2)25(3,4)11-12-27(7,28)26(5,6)13-14-29)34-24(33-17)20-16-19(23(31)32-8)9-10-21(20)30/h9-10,16-18,22,24,29-30H,11-15,28H2,1-8H3. The third kappa shape index (κ3) is 6.51. The molecule has 34 heavy (non-hydrogen) atoms. The minimum Gasteiger partial charge on any atom is -0.507 e. The summed E-state index contributed by atoms with van der Waals surface area (Å²) < 4.78 is 17.2. The second kappa shape index (κ2) is 10.9. The first-order valence-corrected chi connectivity index (χ1v) is 12.3. The minimum atomic E-state index is -0.778. The summed E-state index contributed by atoms with van der Waals surface area (Å²) in [7, 11) is 1.32. The summed E-state index contributed by atoms with van der Waals surface area (Å²) in [6, 6.07) is 4.55. The quantitative estimate of drug-likeness (QED) is 0.408. The van der Waals surface area contributed by atoms with Crippen LogP contribution in [0, 0.1) is 16.7 Å². The van der Waals surface area contributed by atoms with Crippen molar-refractivity contribution in [3.63, 3.8) is 0 Å². The first kappa shape index (κ1) is 28.6. The molecule has 1 aliphatic rings. The minimum absolute atomic E-state index is 0.0161. The molecule has 7 heteroatoms. The van der Waals surface area contributed by atoms with Crippen molar-refractivity contribution in [1.29, 1.82) is 0 Å². The summed E-state index contributed by atoms with van der Waals surface area (Å²) in [6.45, 7) is 15.1. The van der Waals surface area contributed by atoms with Gasteiger partial charge in [0, 0.05) is 18.6 Å². The Morgan fingerprint density at radius 1 is 1.18 bits per heavy atom. The van der Waals surface area contributed by atoms with Gasteiger partial charge in [-0.05, 0) is 68.1 Å². The summed E-state index contributed by atoms with van der Waals surface area (Å²) in [5, 5.41) is 19.9. The number of nitrogens with two attached hydrogens (primary N) is 1. The number of methoxy groups -OCH3 is 1. The molecule has 0 radical (unpaired) electrons. The molecule has 0 aromatic heterocycles. The van der Waals surface area contributed by atoms with Crippen LogP contribution in [0.15, 0.2) is 18.2 Å². The maximum atomic E-state index is 12.0. The largest absolute Gasteiger partial charge is 0.507 e. The molecule has 5 atom stereocenters. The van der Waals surface area contributed by atoms with Crippen LogP contribution in [0.5, 0.6) is 5.75 Å². The van der Waals surface area contributed by atoms with E-state index >= 15 is 0 Å². The van der Waals surface area contributed by atoms with Crippen molar-refractivity contribution >= 4 is 5.97 Å². The number of benzene rings is 1. The number of hydrogen-bond acceptors (Lipinski definition) is 7. The van der Waals surface area contributed by atoms with E-state index in [-0.39, 0.29) is 41.3 Å². The zero-order valence-electron chi connectivity index (χ0n) is 22.2. The van der Waals surface area contributed by atoms with Gasteiger partial charge in [0.2, 0.25) is 0 Å². The van der Waals surface area contributed by atoms with E-state index in [2.05, 4.69) is 41.5 Å². The lowest BCUT2D eigenvalue weighted by Gasteiger charge is -2.46. The average molecular weight is 480 g/mol. The number of rotatable bonds is 10. The molecular weight excluding hydrogens is 434 g/mol. The van der Waals surface area contributed by atoms with Crippen LogP contribution in [0.3, 0.4) is 0 Å². The van der Waals surface area contributed by atoms with Gasteiger partial charge in [-0.15, -0.1) is 0 Å². The molecule has 1 heterocycles. The van der Waals surface area contributed by atoms with Gasteiger partial charge in [-0.1, -0.05) is 34.6 Å². The number of carbonyl (C=O) groups is 1. The molecule has 0 amide bonds. The molecule has 0 saturated carbocycles. The van der Waals surface area contributed by atoms with Crippen LogP contribution in [-0.4, -0.2) is 47.6 Å². The molecule has 5 unspecified atom stereocenters. The smallest absolute Gasteiger partial charge is 0.337 e. The Kier molecular flexibility index (Phi) is 9.19. The number of phenols is 1. The van der Waals surface area contributed by atoms with Gasteiger partial charge in [-0.25, -0.2) is 4.79 Å². The van der Waals surface area contributed by atoms with Gasteiger partial charge in [0.25, 0.3) is 0 Å². The number of aliphatic hydroxyl groups is 1. The number of aliphatic hydroxyl groups excluding tert-OH is 1. The predicted molar refractivity (Wildman–Crippen MR) is 132 cm³/mol. The van der Waals surface area contributed by atoms with Gasteiger partial charge in [-0.3, -0.25) is 0 Å². The van der Waals surface area contributed by atoms with E-state index in [1.807, 2.05) is 6.92 Å². The molecule has 1 fully saturated rings. The molecule has 194 valence electrons. The van der Waals surface area contributed by atoms with E-state index in [0.717, 1.165) is 19.3 Å². The Morgan fingerprint density at radius 3 is 2.41 bits per heavy atom. The van der Waals surface area contributed by atoms with Gasteiger partial charge < -0.3 is 30.2 Å². The maximum absolute atomic E-state index is 12.0. The number of esters is 1. The molecular formula is C27H45NO6. The molecule has 0 bridgehead atoms. The normalized spacial score (nSPS) is 24.4. The second-order valence-electron chi connectivity index (χ2n) is 11.5. The zero-order valence-corrected chi connectivity index (χ0v) is 22.2. The number of carbonyl (C=O) groups excluding carboxylic acids is 1. The molecule has 2 rings (SSSR count). The topological polar surface area (TPSA) is 111 Å². The predicted octanol–water partition coefficient (Wildman–Crippen LogP) is 4.94. The van der Waals surface area contributed by atoms with E-state index in [0.29, 0.717) is 17.5 Å². The Bertz CT molecular complexity index is 834. The Labute approximate surface area is 205 Å². The SMILES string of the molecule is COC(=O)c1ccc(O)c(C2OC(C)CC(C(C)C(C)(C)CCC(C)(N)C(C)(C)CCO)O2)c1. The van der Waals surface area contributed by atoms with Crippen molar-refractivity contribution in [3.05, 3.63) is 29.3 Å². The van der Waals surface area contributed by atoms with Crippen molar-refractivity contribution in [2.45, 2.75) is 98.2 Å². The molecule has 1 saturated heterocycles. The van der Waals surface area contributed by atoms with E-state index in [4.69, 9.17) is 19.9 Å². The fourth-order valence-corrected chi connectivity index (χ4v) is 4.51. The summed E-state index contributed by atoms with van der Waals surface area (Å²) in [6.07, 6.45) is 2.16. The van der Waals surface area contributed by atoms with Crippen LogP contribution < -0.4 is 5.73 Å². The van der Waals surface area contributed by atoms with E-state index in [1.165, 1.54) is 19.2 Å². The summed E-state index contributed by atoms with van der Waals surface area (Å²) >= 11 is 0. The second-order valence-corrected chi connectivity index (χ2v) is 11.5. The van der Waals surface area contributed by atoms with Crippen LogP contribution in [0.1, 0.15) is 96.4 Å². The van der Waals surface area contributed by atoms with Crippen LogP contribution in [0.25, 0.3) is 0 Å². The third-order valence-electron chi connectivity index (χ3n) is 8.28. The Hall–Kier alpha value is -1.67. The molecule has 1 aromatic carbocycles. The number of phenolic OH excluding ortho intramolecular Hbond substituents is 1. The fourth-order valence-electron chi connectivity index (χ4n) is 4.51. The van der Waals surface area contributed by atoms with E-state index < -0.39 is 17.8 Å². The number of aromatic hydroxyl groups is 1. The Balaban J connectivity index is 2.18. The summed E-state index contributed by atoms with van der Waals surface area (Å²) in [5.41, 5.74) is 6.81. The number of hydrogen-bond donors (Lipinski definition) is 3. The van der Waals surface area contributed by atoms with Gasteiger partial charge in [0.1, 0.15) is 5.75 Å². The van der Waals surface area contributed by atoms with Crippen LogP contribution in [-0.2, 0) is 14.2 Å². The lowest BCUT2D eigenvalue weighted by atomic mass is 9.65. The highest BCUT2D eigenvalue weighted by molar-refractivity contribution is 5.89. The van der Waals surface area contributed by atoms with Crippen LogP contribution in [0.2, 0.25) is 0 Å². The fraction of sp³-hybridized carbons (Fsp3) is 0.741. The van der Waals surface area contributed by atoms with Gasteiger partial charge in [0.05, 0.1) is 30.4 Å². The van der Waals surface area contributed by atoms with Crippen LogP contribution >= 0.6 is 0 Å². The molecule has 7 nitrogen and oxygen atoms in total. The molecule has 1 aromatic rings. The van der Waals surface area contributed by atoms with Crippen molar-refractivity contribution < 1.29 is 29.2 Å². The Morgan fingerprint density at radius 2 is 1.82 bits per heavy atom. The lowest BCUT2D eigenvalue weighted by Crippen LogP contribution is -2.51. The van der Waals surface area contributed by atoms with Crippen molar-refractivity contribution in [2.75, 3.05) is 13.7 Å². The summed E-state index contributed by atoms with van der Waals surface area (Å²) in [5.74, 6) is -0.281. The van der Waals surface area contributed by atoms with E-state index in [9.17, 15) is 15.0 Å². The monoisotopic (exact) mass is 479 g/mol. The maximum Gasteiger partial charge on any atom is 0.337 e. The van der Waals surface area contributed by atoms with Gasteiger partial charge in [0.15, 0.2) is 6.29 Å². The van der Waals surface area contributed by atoms with Gasteiger partial charge >= 0.3 is 5.97 Å². The van der Waals surface area contributed by atoms with E-state index in [1.54, 1.807) is 6.07 Å². The first-order chi connectivity index (χ1) is 15.6. The van der Waals surface area contributed by atoms with Crippen LogP contribution in [0.4, 0.5) is 0 Å². The zero-order chi connectivity index (χ0) is 25.9.